The Balaban J connectivity index is 2.71. The first-order valence-corrected chi connectivity index (χ1v) is 5.34. The molecule has 1 rings (SSSR count). The Morgan fingerprint density at radius 1 is 1.12 bits per heavy atom. The minimum absolute atomic E-state index is 0.214. The van der Waals surface area contributed by atoms with Crippen molar-refractivity contribution in [1.29, 1.82) is 0 Å². The van der Waals surface area contributed by atoms with Crippen LogP contribution in [-0.4, -0.2) is 19.5 Å². The molecule has 0 aromatic heterocycles. The average molecular weight is 230 g/mol. The van der Waals surface area contributed by atoms with Gasteiger partial charge in [-0.3, -0.25) is 0 Å². The molecular weight excluding hydrogens is 214 g/mol. The summed E-state index contributed by atoms with van der Waals surface area (Å²) in [6.07, 6.45) is -0.308. The normalized spacial score (nSPS) is 11.1. The summed E-state index contributed by atoms with van der Waals surface area (Å²) >= 11 is 0. The Labute approximate surface area is 94.2 Å². The van der Waals surface area contributed by atoms with E-state index in [9.17, 15) is 8.78 Å². The summed E-state index contributed by atoms with van der Waals surface area (Å²) < 4.78 is 36.8. The van der Waals surface area contributed by atoms with Crippen molar-refractivity contribution < 1.29 is 18.3 Å². The molecule has 0 saturated heterocycles. The predicted molar refractivity (Wildman–Crippen MR) is 57.1 cm³/mol. The van der Waals surface area contributed by atoms with Gasteiger partial charge in [0.15, 0.2) is 6.29 Å². The molecule has 0 saturated carbocycles. The van der Waals surface area contributed by atoms with Crippen LogP contribution in [0.3, 0.4) is 0 Å². The van der Waals surface area contributed by atoms with Gasteiger partial charge in [0.1, 0.15) is 11.6 Å². The molecule has 0 aliphatic rings. The topological polar surface area (TPSA) is 18.5 Å². The summed E-state index contributed by atoms with van der Waals surface area (Å²) in [6, 6.07) is 3.37. The van der Waals surface area contributed by atoms with E-state index in [4.69, 9.17) is 9.47 Å². The highest BCUT2D eigenvalue weighted by Gasteiger charge is 2.13. The van der Waals surface area contributed by atoms with E-state index in [2.05, 4.69) is 0 Å². The lowest BCUT2D eigenvalue weighted by atomic mass is 10.1. The smallest absolute Gasteiger partial charge is 0.161 e. The van der Waals surface area contributed by atoms with E-state index in [1.807, 2.05) is 13.8 Å². The first-order valence-electron chi connectivity index (χ1n) is 5.34. The van der Waals surface area contributed by atoms with E-state index in [-0.39, 0.29) is 12.0 Å². The Morgan fingerprint density at radius 2 is 1.75 bits per heavy atom. The summed E-state index contributed by atoms with van der Waals surface area (Å²) in [5.41, 5.74) is 0.270. The fourth-order valence-corrected chi connectivity index (χ4v) is 1.42. The highest BCUT2D eigenvalue weighted by Crippen LogP contribution is 2.13. The molecule has 0 amide bonds. The lowest BCUT2D eigenvalue weighted by molar-refractivity contribution is -0.134. The van der Waals surface area contributed by atoms with Crippen LogP contribution in [0.2, 0.25) is 0 Å². The zero-order valence-corrected chi connectivity index (χ0v) is 9.50. The molecule has 90 valence electrons. The summed E-state index contributed by atoms with van der Waals surface area (Å²) in [4.78, 5) is 0. The van der Waals surface area contributed by atoms with Crippen molar-refractivity contribution in [1.82, 2.24) is 0 Å². The van der Waals surface area contributed by atoms with Crippen LogP contribution < -0.4 is 0 Å². The third kappa shape index (κ3) is 3.87. The number of hydrogen-bond donors (Lipinski definition) is 0. The number of rotatable bonds is 6. The van der Waals surface area contributed by atoms with E-state index in [0.29, 0.717) is 13.2 Å². The van der Waals surface area contributed by atoms with E-state index < -0.39 is 17.9 Å². The van der Waals surface area contributed by atoms with Crippen molar-refractivity contribution in [3.05, 3.63) is 35.4 Å². The van der Waals surface area contributed by atoms with Gasteiger partial charge in [0.05, 0.1) is 0 Å². The van der Waals surface area contributed by atoms with Crippen molar-refractivity contribution in [2.75, 3.05) is 13.2 Å². The third-order valence-corrected chi connectivity index (χ3v) is 2.10. The summed E-state index contributed by atoms with van der Waals surface area (Å²) in [6.45, 7) is 4.60. The van der Waals surface area contributed by atoms with Crippen LogP contribution in [0.25, 0.3) is 0 Å². The molecule has 0 N–H and O–H groups in total. The fraction of sp³-hybridized carbons (Fsp3) is 0.500. The minimum atomic E-state index is -0.522. The largest absolute Gasteiger partial charge is 0.353 e. The van der Waals surface area contributed by atoms with Crippen LogP contribution >= 0.6 is 0 Å². The first-order chi connectivity index (χ1) is 7.67. The van der Waals surface area contributed by atoms with Crippen molar-refractivity contribution >= 4 is 0 Å². The molecule has 1 aromatic rings. The summed E-state index contributed by atoms with van der Waals surface area (Å²) in [5, 5.41) is 0. The second-order valence-electron chi connectivity index (χ2n) is 3.28. The number of halogens is 2. The molecule has 0 aliphatic carbocycles. The van der Waals surface area contributed by atoms with Gasteiger partial charge < -0.3 is 9.47 Å². The number of benzene rings is 1. The minimum Gasteiger partial charge on any atom is -0.353 e. The molecule has 2 nitrogen and oxygen atoms in total. The van der Waals surface area contributed by atoms with E-state index in [1.165, 1.54) is 6.07 Å². The molecule has 0 atom stereocenters. The third-order valence-electron chi connectivity index (χ3n) is 2.10. The van der Waals surface area contributed by atoms with Gasteiger partial charge >= 0.3 is 0 Å². The van der Waals surface area contributed by atoms with Gasteiger partial charge in [0, 0.05) is 19.6 Å². The molecule has 0 radical (unpaired) electrons. The predicted octanol–water partition coefficient (Wildman–Crippen LogP) is 2.91. The SMILES string of the molecule is CCOC(Cc1cc(F)ccc1F)OCC. The van der Waals surface area contributed by atoms with Crippen LogP contribution in [0.5, 0.6) is 0 Å². The molecule has 0 aliphatic heterocycles. The van der Waals surface area contributed by atoms with Gasteiger partial charge in [-0.2, -0.15) is 0 Å². The highest BCUT2D eigenvalue weighted by molar-refractivity contribution is 5.19. The number of ether oxygens (including phenoxy) is 2. The van der Waals surface area contributed by atoms with Gasteiger partial charge in [0.2, 0.25) is 0 Å². The van der Waals surface area contributed by atoms with Crippen LogP contribution in [0.1, 0.15) is 19.4 Å². The monoisotopic (exact) mass is 230 g/mol. The first kappa shape index (κ1) is 13.1. The molecule has 0 fully saturated rings. The van der Waals surface area contributed by atoms with Crippen LogP contribution in [0.4, 0.5) is 8.78 Å². The molecule has 0 unspecified atom stereocenters. The number of hydrogen-bond acceptors (Lipinski definition) is 2. The van der Waals surface area contributed by atoms with Gasteiger partial charge in [-0.1, -0.05) is 0 Å². The maximum Gasteiger partial charge on any atom is 0.161 e. The molecule has 0 heterocycles. The highest BCUT2D eigenvalue weighted by atomic mass is 19.1. The Morgan fingerprint density at radius 3 is 2.31 bits per heavy atom. The molecule has 0 spiro atoms. The summed E-state index contributed by atoms with van der Waals surface area (Å²) in [5.74, 6) is -0.894. The lowest BCUT2D eigenvalue weighted by Crippen LogP contribution is -2.20. The van der Waals surface area contributed by atoms with E-state index in [1.54, 1.807) is 0 Å². The van der Waals surface area contributed by atoms with E-state index in [0.717, 1.165) is 12.1 Å². The zero-order chi connectivity index (χ0) is 12.0. The van der Waals surface area contributed by atoms with Crippen molar-refractivity contribution in [2.24, 2.45) is 0 Å². The van der Waals surface area contributed by atoms with Gasteiger partial charge in [-0.25, -0.2) is 8.78 Å². The standard InChI is InChI=1S/C12H16F2O2/c1-3-15-12(16-4-2)8-9-7-10(13)5-6-11(9)14/h5-7,12H,3-4,8H2,1-2H3. The van der Waals surface area contributed by atoms with Crippen LogP contribution in [0.15, 0.2) is 18.2 Å². The molecule has 0 bridgehead atoms. The van der Waals surface area contributed by atoms with Gasteiger partial charge in [0.25, 0.3) is 0 Å². The quantitative estimate of drug-likeness (QED) is 0.699. The fourth-order valence-electron chi connectivity index (χ4n) is 1.42. The maximum atomic E-state index is 13.3. The molecule has 4 heteroatoms. The Kier molecular flexibility index (Phi) is 5.35. The molecule has 16 heavy (non-hydrogen) atoms. The van der Waals surface area contributed by atoms with Crippen molar-refractivity contribution in [3.63, 3.8) is 0 Å². The van der Waals surface area contributed by atoms with Crippen LogP contribution in [0, 0.1) is 11.6 Å². The second-order valence-corrected chi connectivity index (χ2v) is 3.28. The molecule has 1 aromatic carbocycles. The maximum absolute atomic E-state index is 13.3. The van der Waals surface area contributed by atoms with Gasteiger partial charge in [-0.05, 0) is 37.6 Å². The average Bonchev–Trinajstić information content (AvgIpc) is 2.24. The van der Waals surface area contributed by atoms with Crippen molar-refractivity contribution in [2.45, 2.75) is 26.6 Å². The Bertz CT molecular complexity index is 323. The summed E-state index contributed by atoms with van der Waals surface area (Å²) in [7, 11) is 0. The van der Waals surface area contributed by atoms with Crippen molar-refractivity contribution in [3.8, 4) is 0 Å². The zero-order valence-electron chi connectivity index (χ0n) is 9.50. The molecular formula is C12H16F2O2. The second kappa shape index (κ2) is 6.55. The van der Waals surface area contributed by atoms with Gasteiger partial charge in [-0.15, -0.1) is 0 Å². The Hall–Kier alpha value is -1.00. The van der Waals surface area contributed by atoms with Crippen LogP contribution in [-0.2, 0) is 15.9 Å². The lowest BCUT2D eigenvalue weighted by Gasteiger charge is -2.17. The van der Waals surface area contributed by atoms with E-state index >= 15 is 0 Å².